The number of hydrogen-bond acceptors (Lipinski definition) is 9. The van der Waals surface area contributed by atoms with Crippen molar-refractivity contribution in [3.8, 4) is 0 Å². The Morgan fingerprint density at radius 2 is 1.84 bits per heavy atom. The molecule has 1 aliphatic rings. The minimum Gasteiger partial charge on any atom is -0.457 e. The lowest BCUT2D eigenvalue weighted by Crippen LogP contribution is -2.45. The average molecular weight is 549 g/mol. The van der Waals surface area contributed by atoms with E-state index in [1.807, 2.05) is 39.2 Å². The number of aryl methyl sites for hydroxylation is 3. The number of nitrogens with zero attached hydrogens (tertiary/aromatic N) is 2. The van der Waals surface area contributed by atoms with Gasteiger partial charge in [-0.2, -0.15) is 0 Å². The Bertz CT molecular complexity index is 1140. The molecule has 0 saturated carbocycles. The zero-order valence-electron chi connectivity index (χ0n) is 22.9. The molecular formula is C28H40N2O5S2. The van der Waals surface area contributed by atoms with Crippen LogP contribution in [-0.4, -0.2) is 50.2 Å². The predicted molar refractivity (Wildman–Crippen MR) is 148 cm³/mol. The molecule has 204 valence electrons. The number of carbonyl (C=O) groups is 2. The van der Waals surface area contributed by atoms with Crippen LogP contribution in [0.2, 0.25) is 0 Å². The van der Waals surface area contributed by atoms with E-state index in [9.17, 15) is 19.8 Å². The largest absolute Gasteiger partial charge is 0.457 e. The van der Waals surface area contributed by atoms with Crippen LogP contribution < -0.4 is 0 Å². The van der Waals surface area contributed by atoms with Crippen LogP contribution in [0.4, 0.5) is 0 Å². The second-order valence-corrected chi connectivity index (χ2v) is 13.3. The molecule has 1 aliphatic heterocycles. The van der Waals surface area contributed by atoms with E-state index in [1.54, 1.807) is 43.4 Å². The zero-order valence-corrected chi connectivity index (χ0v) is 24.5. The van der Waals surface area contributed by atoms with Gasteiger partial charge in [-0.3, -0.25) is 9.59 Å². The number of aliphatic hydroxyl groups is 2. The first-order valence-corrected chi connectivity index (χ1v) is 14.6. The number of aliphatic hydroxyl groups excluding tert-OH is 2. The molecule has 5 atom stereocenters. The summed E-state index contributed by atoms with van der Waals surface area (Å²) in [6.07, 6.45) is 1.79. The van der Waals surface area contributed by atoms with Crippen LogP contribution >= 0.6 is 22.7 Å². The molecular weight excluding hydrogens is 508 g/mol. The Balaban J connectivity index is 1.97. The smallest absolute Gasteiger partial charge is 0.309 e. The quantitative estimate of drug-likeness (QED) is 0.503. The van der Waals surface area contributed by atoms with Crippen molar-refractivity contribution in [2.45, 2.75) is 98.9 Å². The fraction of sp³-hybridized carbons (Fsp3) is 0.643. The summed E-state index contributed by atoms with van der Waals surface area (Å²) < 4.78 is 5.95. The summed E-state index contributed by atoms with van der Waals surface area (Å²) >= 11 is 3.16. The monoisotopic (exact) mass is 548 g/mol. The van der Waals surface area contributed by atoms with Crippen molar-refractivity contribution in [3.63, 3.8) is 0 Å². The number of hydrogen-bond donors (Lipinski definition) is 2. The third-order valence-corrected chi connectivity index (χ3v) is 9.29. The Labute approximate surface area is 228 Å². The van der Waals surface area contributed by atoms with Crippen LogP contribution in [0.15, 0.2) is 11.0 Å². The highest BCUT2D eigenvalue weighted by Gasteiger charge is 2.42. The first-order chi connectivity index (χ1) is 17.3. The number of fused-ring (bicyclic) bond motifs is 1. The molecule has 0 saturated heterocycles. The number of aromatic nitrogens is 2. The molecule has 0 aliphatic carbocycles. The highest BCUT2D eigenvalue weighted by atomic mass is 32.1. The molecule has 3 rings (SSSR count). The normalized spacial score (nSPS) is 28.6. The van der Waals surface area contributed by atoms with Crippen molar-refractivity contribution in [2.75, 3.05) is 0 Å². The first-order valence-electron chi connectivity index (χ1n) is 12.9. The number of Topliss-reactive ketones (excluding diaryl/α,β-unsaturated/α-hetero) is 1. The first kappa shape index (κ1) is 29.6. The summed E-state index contributed by atoms with van der Waals surface area (Å²) in [6, 6.07) is 0. The molecule has 2 aromatic rings. The molecule has 2 aromatic heterocycles. The van der Waals surface area contributed by atoms with Crippen molar-refractivity contribution >= 4 is 40.5 Å². The van der Waals surface area contributed by atoms with Crippen molar-refractivity contribution in [1.82, 2.24) is 9.97 Å². The SMILES string of the molecule is CC(=Cc1csc(C)n1)[C@@H]1Cc2sc(C)nc2CCC[C@H](C)[C@H](O)[C@@H](C)C(=O)C(C)(C)[C@@H](O)CC(=O)O1. The molecule has 0 unspecified atom stereocenters. The molecule has 37 heavy (non-hydrogen) atoms. The van der Waals surface area contributed by atoms with Gasteiger partial charge < -0.3 is 14.9 Å². The number of thiazole rings is 2. The van der Waals surface area contributed by atoms with Crippen LogP contribution in [0.5, 0.6) is 0 Å². The summed E-state index contributed by atoms with van der Waals surface area (Å²) in [5, 5.41) is 25.7. The molecule has 0 bridgehead atoms. The van der Waals surface area contributed by atoms with Crippen molar-refractivity contribution in [1.29, 1.82) is 0 Å². The summed E-state index contributed by atoms with van der Waals surface area (Å²) in [7, 11) is 0. The molecule has 7 nitrogen and oxygen atoms in total. The molecule has 0 radical (unpaired) electrons. The topological polar surface area (TPSA) is 110 Å². The fourth-order valence-corrected chi connectivity index (χ4v) is 6.47. The van der Waals surface area contributed by atoms with Gasteiger partial charge in [-0.25, -0.2) is 9.97 Å². The molecule has 0 spiro atoms. The number of ether oxygens (including phenoxy) is 1. The number of rotatable bonds is 2. The highest BCUT2D eigenvalue weighted by molar-refractivity contribution is 7.11. The third kappa shape index (κ3) is 7.34. The van der Waals surface area contributed by atoms with E-state index in [0.717, 1.165) is 51.1 Å². The number of carbonyl (C=O) groups excluding carboxylic acids is 2. The summed E-state index contributed by atoms with van der Waals surface area (Å²) in [5.41, 5.74) is 1.44. The summed E-state index contributed by atoms with van der Waals surface area (Å²) in [6.45, 7) is 12.8. The van der Waals surface area contributed by atoms with Gasteiger partial charge in [0.2, 0.25) is 0 Å². The molecule has 9 heteroatoms. The average Bonchev–Trinajstić information content (AvgIpc) is 3.40. The Morgan fingerprint density at radius 3 is 2.49 bits per heavy atom. The molecule has 3 heterocycles. The van der Waals surface area contributed by atoms with E-state index in [1.165, 1.54) is 0 Å². The lowest BCUT2D eigenvalue weighted by molar-refractivity contribution is -0.154. The van der Waals surface area contributed by atoms with E-state index < -0.39 is 35.6 Å². The van der Waals surface area contributed by atoms with Gasteiger partial charge in [-0.1, -0.05) is 27.7 Å². The van der Waals surface area contributed by atoms with Crippen molar-refractivity contribution < 1.29 is 24.5 Å². The van der Waals surface area contributed by atoms with Gasteiger partial charge in [0, 0.05) is 22.6 Å². The number of esters is 1. The zero-order chi connectivity index (χ0) is 27.5. The number of ketones is 1. The molecule has 0 aromatic carbocycles. The Hall–Kier alpha value is -1.94. The van der Waals surface area contributed by atoms with Gasteiger partial charge in [0.1, 0.15) is 11.9 Å². The van der Waals surface area contributed by atoms with Crippen molar-refractivity contribution in [3.05, 3.63) is 37.2 Å². The predicted octanol–water partition coefficient (Wildman–Crippen LogP) is 5.09. The van der Waals surface area contributed by atoms with Crippen LogP contribution in [-0.2, 0) is 27.2 Å². The van der Waals surface area contributed by atoms with Crippen LogP contribution in [0.1, 0.15) is 80.2 Å². The van der Waals surface area contributed by atoms with Crippen LogP contribution in [0.25, 0.3) is 6.08 Å². The van der Waals surface area contributed by atoms with Gasteiger partial charge in [-0.15, -0.1) is 22.7 Å². The summed E-state index contributed by atoms with van der Waals surface area (Å²) in [5.74, 6) is -1.59. The molecule has 2 N–H and O–H groups in total. The minimum absolute atomic E-state index is 0.0903. The standard InChI is InChI=1S/C28H40N2O5S2/c1-15-9-8-10-21-23(37-19(5)30-21)12-22(16(2)11-20-14-36-18(4)29-20)35-25(32)13-24(31)28(6,7)27(34)17(3)26(15)33/h11,14-15,17,22,24,26,31,33H,8-10,12-13H2,1-7H3/t15-,17+,22-,24-,26-/m0/s1. The van der Waals surface area contributed by atoms with Gasteiger partial charge in [0.05, 0.1) is 45.4 Å². The van der Waals surface area contributed by atoms with Crippen LogP contribution in [0.3, 0.4) is 0 Å². The second kappa shape index (κ2) is 12.3. The Kier molecular flexibility index (Phi) is 9.83. The van der Waals surface area contributed by atoms with E-state index in [4.69, 9.17) is 9.72 Å². The number of cyclic esters (lactones) is 1. The molecule has 0 amide bonds. The summed E-state index contributed by atoms with van der Waals surface area (Å²) in [4.78, 5) is 36.7. The highest BCUT2D eigenvalue weighted by Crippen LogP contribution is 2.33. The maximum atomic E-state index is 13.3. The second-order valence-electron chi connectivity index (χ2n) is 10.9. The molecule has 0 fully saturated rings. The Morgan fingerprint density at radius 1 is 1.14 bits per heavy atom. The lowest BCUT2D eigenvalue weighted by Gasteiger charge is -2.34. The maximum Gasteiger partial charge on any atom is 0.309 e. The third-order valence-electron chi connectivity index (χ3n) is 7.46. The fourth-order valence-electron chi connectivity index (χ4n) is 4.88. The van der Waals surface area contributed by atoms with E-state index in [0.29, 0.717) is 6.42 Å². The van der Waals surface area contributed by atoms with Crippen molar-refractivity contribution in [2.24, 2.45) is 17.3 Å². The van der Waals surface area contributed by atoms with Crippen LogP contribution in [0, 0.1) is 31.1 Å². The van der Waals surface area contributed by atoms with E-state index in [2.05, 4.69) is 4.98 Å². The minimum atomic E-state index is -1.24. The van der Waals surface area contributed by atoms with Gasteiger partial charge in [0.25, 0.3) is 0 Å². The maximum absolute atomic E-state index is 13.3. The van der Waals surface area contributed by atoms with Gasteiger partial charge >= 0.3 is 5.97 Å². The lowest BCUT2D eigenvalue weighted by atomic mass is 9.73. The van der Waals surface area contributed by atoms with Gasteiger partial charge in [-0.05, 0) is 57.6 Å². The van der Waals surface area contributed by atoms with Gasteiger partial charge in [0.15, 0.2) is 0 Å². The van der Waals surface area contributed by atoms with E-state index in [-0.39, 0.29) is 18.1 Å². The van der Waals surface area contributed by atoms with E-state index >= 15 is 0 Å².